The first-order valence-corrected chi connectivity index (χ1v) is 9.60. The molecule has 0 atom stereocenters. The lowest BCUT2D eigenvalue weighted by atomic mass is 10.1. The third-order valence-electron chi connectivity index (χ3n) is 4.80. The molecule has 28 heavy (non-hydrogen) atoms. The van der Waals surface area contributed by atoms with Crippen molar-refractivity contribution in [1.82, 2.24) is 10.2 Å². The Balaban J connectivity index is 1.38. The lowest BCUT2D eigenvalue weighted by Crippen LogP contribution is -2.30. The van der Waals surface area contributed by atoms with Gasteiger partial charge in [-0.1, -0.05) is 30.3 Å². The summed E-state index contributed by atoms with van der Waals surface area (Å²) in [7, 11) is 0. The molecule has 3 aromatic rings. The van der Waals surface area contributed by atoms with Gasteiger partial charge in [0.2, 0.25) is 0 Å². The van der Waals surface area contributed by atoms with E-state index in [2.05, 4.69) is 25.7 Å². The number of para-hydroxylation sites is 1. The Morgan fingerprint density at radius 3 is 2.07 bits per heavy atom. The Bertz CT molecular complexity index is 904. The maximum absolute atomic E-state index is 12.1. The molecule has 1 saturated heterocycles. The molecule has 0 bridgehead atoms. The van der Waals surface area contributed by atoms with E-state index in [9.17, 15) is 4.79 Å². The van der Waals surface area contributed by atoms with Crippen molar-refractivity contribution in [2.45, 2.75) is 19.3 Å². The molecule has 2 N–H and O–H groups in total. The molecule has 142 valence electrons. The van der Waals surface area contributed by atoms with Gasteiger partial charge in [0, 0.05) is 30.0 Å². The molecule has 2 amide bonds. The number of benzene rings is 2. The van der Waals surface area contributed by atoms with E-state index in [1.165, 1.54) is 19.3 Å². The van der Waals surface area contributed by atoms with Gasteiger partial charge in [0.05, 0.1) is 5.69 Å². The summed E-state index contributed by atoms with van der Waals surface area (Å²) in [5, 5.41) is 14.4. The molecule has 1 aliphatic rings. The maximum atomic E-state index is 12.1. The van der Waals surface area contributed by atoms with E-state index in [1.54, 1.807) is 0 Å². The normalized spacial score (nSPS) is 13.8. The quantitative estimate of drug-likeness (QED) is 0.691. The summed E-state index contributed by atoms with van der Waals surface area (Å²) in [4.78, 5) is 14.4. The number of aromatic nitrogens is 2. The Morgan fingerprint density at radius 2 is 1.43 bits per heavy atom. The van der Waals surface area contributed by atoms with Gasteiger partial charge in [0.15, 0.2) is 5.82 Å². The number of hydrogen-bond acceptors (Lipinski definition) is 4. The molecule has 1 fully saturated rings. The van der Waals surface area contributed by atoms with E-state index < -0.39 is 0 Å². The van der Waals surface area contributed by atoms with Gasteiger partial charge < -0.3 is 15.5 Å². The van der Waals surface area contributed by atoms with Crippen LogP contribution in [0.1, 0.15) is 19.3 Å². The minimum atomic E-state index is -0.273. The van der Waals surface area contributed by atoms with Gasteiger partial charge in [-0.3, -0.25) is 0 Å². The lowest BCUT2D eigenvalue weighted by molar-refractivity contribution is 0.262. The van der Waals surface area contributed by atoms with Crippen LogP contribution in [0.4, 0.5) is 22.0 Å². The molecule has 6 nitrogen and oxygen atoms in total. The molecule has 0 unspecified atom stereocenters. The van der Waals surface area contributed by atoms with Crippen LogP contribution in [0.3, 0.4) is 0 Å². The standard InChI is InChI=1S/C22H23N5O/c28-22(23-18-7-3-1-4-8-18)24-19-11-9-17(10-12-19)20-13-14-21(26-25-20)27-15-5-2-6-16-27/h1,3-4,7-14H,2,5-6,15-16H2,(H2,23,24,28). The van der Waals surface area contributed by atoms with Gasteiger partial charge in [0.1, 0.15) is 0 Å². The van der Waals surface area contributed by atoms with Gasteiger partial charge in [0.25, 0.3) is 0 Å². The van der Waals surface area contributed by atoms with Crippen molar-refractivity contribution in [3.63, 3.8) is 0 Å². The molecular weight excluding hydrogens is 350 g/mol. The molecule has 0 saturated carbocycles. The van der Waals surface area contributed by atoms with E-state index in [1.807, 2.05) is 66.7 Å². The van der Waals surface area contributed by atoms with Crippen molar-refractivity contribution in [2.24, 2.45) is 0 Å². The van der Waals surface area contributed by atoms with Crippen LogP contribution in [0.2, 0.25) is 0 Å². The highest BCUT2D eigenvalue weighted by atomic mass is 16.2. The zero-order chi connectivity index (χ0) is 19.2. The molecule has 2 heterocycles. The summed E-state index contributed by atoms with van der Waals surface area (Å²) >= 11 is 0. The fraction of sp³-hybridized carbons (Fsp3) is 0.227. The van der Waals surface area contributed by atoms with Crippen LogP contribution < -0.4 is 15.5 Å². The first-order chi connectivity index (χ1) is 13.8. The third-order valence-corrected chi connectivity index (χ3v) is 4.80. The summed E-state index contributed by atoms with van der Waals surface area (Å²) in [5.74, 6) is 0.944. The van der Waals surface area contributed by atoms with Crippen molar-refractivity contribution in [3.05, 3.63) is 66.7 Å². The number of carbonyl (C=O) groups is 1. The van der Waals surface area contributed by atoms with E-state index in [4.69, 9.17) is 0 Å². The van der Waals surface area contributed by atoms with Crippen molar-refractivity contribution < 1.29 is 4.79 Å². The number of piperidine rings is 1. The van der Waals surface area contributed by atoms with Crippen molar-refractivity contribution in [2.75, 3.05) is 28.6 Å². The highest BCUT2D eigenvalue weighted by molar-refractivity contribution is 5.99. The predicted octanol–water partition coefficient (Wildman–Crippen LogP) is 4.78. The van der Waals surface area contributed by atoms with E-state index >= 15 is 0 Å². The second-order valence-corrected chi connectivity index (χ2v) is 6.85. The van der Waals surface area contributed by atoms with Crippen LogP contribution in [0.25, 0.3) is 11.3 Å². The molecule has 1 aliphatic heterocycles. The highest BCUT2D eigenvalue weighted by Crippen LogP contribution is 2.22. The van der Waals surface area contributed by atoms with Crippen molar-refractivity contribution in [3.8, 4) is 11.3 Å². The number of carbonyl (C=O) groups excluding carboxylic acids is 1. The average molecular weight is 373 g/mol. The largest absolute Gasteiger partial charge is 0.355 e. The fourth-order valence-corrected chi connectivity index (χ4v) is 3.31. The maximum Gasteiger partial charge on any atom is 0.323 e. The number of amides is 2. The number of nitrogens with zero attached hydrogens (tertiary/aromatic N) is 3. The Kier molecular flexibility index (Phi) is 5.47. The van der Waals surface area contributed by atoms with Crippen LogP contribution in [0, 0.1) is 0 Å². The number of urea groups is 1. The third kappa shape index (κ3) is 4.46. The zero-order valence-electron chi connectivity index (χ0n) is 15.6. The minimum absolute atomic E-state index is 0.273. The Hall–Kier alpha value is -3.41. The van der Waals surface area contributed by atoms with E-state index in [-0.39, 0.29) is 6.03 Å². The van der Waals surface area contributed by atoms with Crippen molar-refractivity contribution >= 4 is 23.2 Å². The number of hydrogen-bond donors (Lipinski definition) is 2. The predicted molar refractivity (Wildman–Crippen MR) is 113 cm³/mol. The summed E-state index contributed by atoms with van der Waals surface area (Å²) in [6.07, 6.45) is 3.73. The lowest BCUT2D eigenvalue weighted by Gasteiger charge is -2.27. The number of anilines is 3. The molecule has 4 rings (SSSR count). The van der Waals surface area contributed by atoms with Crippen LogP contribution in [-0.4, -0.2) is 29.3 Å². The van der Waals surface area contributed by atoms with Crippen LogP contribution in [0.5, 0.6) is 0 Å². The molecule has 0 aliphatic carbocycles. The van der Waals surface area contributed by atoms with E-state index in [0.717, 1.165) is 41.5 Å². The summed E-state index contributed by atoms with van der Waals surface area (Å²) in [5.41, 5.74) is 3.25. The summed E-state index contributed by atoms with van der Waals surface area (Å²) < 4.78 is 0. The number of rotatable bonds is 4. The molecule has 1 aromatic heterocycles. The van der Waals surface area contributed by atoms with Crippen molar-refractivity contribution in [1.29, 1.82) is 0 Å². The van der Waals surface area contributed by atoms with Crippen LogP contribution >= 0.6 is 0 Å². The van der Waals surface area contributed by atoms with Gasteiger partial charge in [-0.15, -0.1) is 10.2 Å². The molecular formula is C22H23N5O. The Labute approximate surface area is 164 Å². The smallest absolute Gasteiger partial charge is 0.323 e. The second-order valence-electron chi connectivity index (χ2n) is 6.85. The molecule has 2 aromatic carbocycles. The Morgan fingerprint density at radius 1 is 0.750 bits per heavy atom. The second kappa shape index (κ2) is 8.52. The van der Waals surface area contributed by atoms with Gasteiger partial charge in [-0.05, 0) is 55.7 Å². The molecule has 6 heteroatoms. The summed E-state index contributed by atoms with van der Waals surface area (Å²) in [6.45, 7) is 2.11. The highest BCUT2D eigenvalue weighted by Gasteiger charge is 2.12. The van der Waals surface area contributed by atoms with Crippen LogP contribution in [-0.2, 0) is 0 Å². The average Bonchev–Trinajstić information content (AvgIpc) is 2.76. The summed E-state index contributed by atoms with van der Waals surface area (Å²) in [6, 6.07) is 20.7. The van der Waals surface area contributed by atoms with E-state index in [0.29, 0.717) is 0 Å². The van der Waals surface area contributed by atoms with Gasteiger partial charge in [-0.25, -0.2) is 4.79 Å². The van der Waals surface area contributed by atoms with Gasteiger partial charge in [-0.2, -0.15) is 0 Å². The molecule has 0 spiro atoms. The first-order valence-electron chi connectivity index (χ1n) is 9.60. The van der Waals surface area contributed by atoms with Crippen LogP contribution in [0.15, 0.2) is 66.7 Å². The minimum Gasteiger partial charge on any atom is -0.355 e. The fourth-order valence-electron chi connectivity index (χ4n) is 3.31. The topological polar surface area (TPSA) is 70.2 Å². The first kappa shape index (κ1) is 18.0. The zero-order valence-corrected chi connectivity index (χ0v) is 15.6. The number of nitrogens with one attached hydrogen (secondary N) is 2. The monoisotopic (exact) mass is 373 g/mol. The SMILES string of the molecule is O=C(Nc1ccccc1)Nc1ccc(-c2ccc(N3CCCCC3)nn2)cc1. The molecule has 0 radical (unpaired) electrons. The van der Waals surface area contributed by atoms with Gasteiger partial charge >= 0.3 is 6.03 Å².